The summed E-state index contributed by atoms with van der Waals surface area (Å²) in [6, 6.07) is 6.63. The largest absolute Gasteiger partial charge is 0.478 e. The van der Waals surface area contributed by atoms with Crippen molar-refractivity contribution in [3.63, 3.8) is 0 Å². The van der Waals surface area contributed by atoms with Crippen LogP contribution in [0.4, 0.5) is 0 Å². The highest BCUT2D eigenvalue weighted by Crippen LogP contribution is 2.29. The molecule has 20 heavy (non-hydrogen) atoms. The SMILES string of the molecule is Cc1ccc(C(=O)O)cc1Oc1c(C#N)c(C)nn1C. The zero-order chi connectivity index (χ0) is 14.9. The third-order valence-corrected chi connectivity index (χ3v) is 2.92. The van der Waals surface area contributed by atoms with E-state index in [1.165, 1.54) is 16.8 Å². The predicted octanol–water partition coefficient (Wildman–Crippen LogP) is 2.40. The third-order valence-electron chi connectivity index (χ3n) is 2.92. The molecule has 0 bridgehead atoms. The minimum absolute atomic E-state index is 0.128. The Kier molecular flexibility index (Phi) is 3.44. The van der Waals surface area contributed by atoms with E-state index in [4.69, 9.17) is 15.1 Å². The summed E-state index contributed by atoms with van der Waals surface area (Å²) in [6.07, 6.45) is 0. The van der Waals surface area contributed by atoms with Crippen LogP contribution in [-0.2, 0) is 7.05 Å². The van der Waals surface area contributed by atoms with Crippen molar-refractivity contribution in [2.75, 3.05) is 0 Å². The van der Waals surface area contributed by atoms with Gasteiger partial charge in [-0.15, -0.1) is 0 Å². The first kappa shape index (κ1) is 13.6. The number of ether oxygens (including phenoxy) is 1. The van der Waals surface area contributed by atoms with Crippen LogP contribution in [0.3, 0.4) is 0 Å². The van der Waals surface area contributed by atoms with E-state index >= 15 is 0 Å². The van der Waals surface area contributed by atoms with Crippen molar-refractivity contribution in [2.24, 2.45) is 7.05 Å². The van der Waals surface area contributed by atoms with Gasteiger partial charge in [-0.25, -0.2) is 9.48 Å². The number of carboxylic acid groups (broad SMARTS) is 1. The lowest BCUT2D eigenvalue weighted by Gasteiger charge is -2.09. The van der Waals surface area contributed by atoms with Crippen LogP contribution in [-0.4, -0.2) is 20.9 Å². The summed E-state index contributed by atoms with van der Waals surface area (Å²) >= 11 is 0. The van der Waals surface area contributed by atoms with Crippen molar-refractivity contribution in [2.45, 2.75) is 13.8 Å². The van der Waals surface area contributed by atoms with Gasteiger partial charge >= 0.3 is 5.97 Å². The van der Waals surface area contributed by atoms with E-state index in [-0.39, 0.29) is 5.56 Å². The second-order valence-electron chi connectivity index (χ2n) is 4.39. The van der Waals surface area contributed by atoms with E-state index in [9.17, 15) is 4.79 Å². The van der Waals surface area contributed by atoms with E-state index in [1.54, 1.807) is 27.0 Å². The zero-order valence-corrected chi connectivity index (χ0v) is 11.3. The summed E-state index contributed by atoms with van der Waals surface area (Å²) < 4.78 is 7.15. The summed E-state index contributed by atoms with van der Waals surface area (Å²) in [7, 11) is 1.67. The molecule has 0 spiro atoms. The molecule has 0 amide bonds. The maximum Gasteiger partial charge on any atom is 0.335 e. The van der Waals surface area contributed by atoms with Crippen LogP contribution >= 0.6 is 0 Å². The molecule has 0 atom stereocenters. The Bertz CT molecular complexity index is 726. The Morgan fingerprint density at radius 1 is 1.45 bits per heavy atom. The molecular weight excluding hydrogens is 258 g/mol. The number of aromatic nitrogens is 2. The lowest BCUT2D eigenvalue weighted by molar-refractivity contribution is 0.0696. The van der Waals surface area contributed by atoms with Crippen LogP contribution in [0.1, 0.15) is 27.2 Å². The van der Waals surface area contributed by atoms with Crippen molar-refractivity contribution in [3.05, 3.63) is 40.6 Å². The topological polar surface area (TPSA) is 88.1 Å². The number of carboxylic acids is 1. The van der Waals surface area contributed by atoms with Crippen LogP contribution in [0.25, 0.3) is 0 Å². The average Bonchev–Trinajstić information content (AvgIpc) is 2.66. The molecule has 1 N–H and O–H groups in total. The van der Waals surface area contributed by atoms with Gasteiger partial charge in [0.2, 0.25) is 5.88 Å². The molecule has 2 aromatic rings. The lowest BCUT2D eigenvalue weighted by Crippen LogP contribution is -2.00. The summed E-state index contributed by atoms with van der Waals surface area (Å²) in [5, 5.41) is 22.2. The molecule has 0 fully saturated rings. The summed E-state index contributed by atoms with van der Waals surface area (Å²) in [5.74, 6) is -0.336. The highest BCUT2D eigenvalue weighted by atomic mass is 16.5. The quantitative estimate of drug-likeness (QED) is 0.926. The first-order valence-electron chi connectivity index (χ1n) is 5.89. The number of aryl methyl sites for hydroxylation is 3. The van der Waals surface area contributed by atoms with Gasteiger partial charge in [0.15, 0.2) is 0 Å². The van der Waals surface area contributed by atoms with Crippen LogP contribution < -0.4 is 4.74 Å². The fraction of sp³-hybridized carbons (Fsp3) is 0.214. The maximum absolute atomic E-state index is 11.0. The van der Waals surface area contributed by atoms with Crippen LogP contribution in [0, 0.1) is 25.2 Å². The highest BCUT2D eigenvalue weighted by Gasteiger charge is 2.17. The lowest BCUT2D eigenvalue weighted by atomic mass is 10.1. The van der Waals surface area contributed by atoms with Gasteiger partial charge in [-0.05, 0) is 31.5 Å². The number of benzene rings is 1. The smallest absolute Gasteiger partial charge is 0.335 e. The second kappa shape index (κ2) is 5.05. The van der Waals surface area contributed by atoms with Crippen molar-refractivity contribution in [1.29, 1.82) is 5.26 Å². The van der Waals surface area contributed by atoms with Gasteiger partial charge in [-0.1, -0.05) is 6.07 Å². The van der Waals surface area contributed by atoms with Gasteiger partial charge in [0.1, 0.15) is 17.4 Å². The molecule has 0 aliphatic heterocycles. The third kappa shape index (κ3) is 2.34. The Labute approximate surface area is 115 Å². The number of aromatic carboxylic acids is 1. The normalized spacial score (nSPS) is 10.1. The number of nitriles is 1. The van der Waals surface area contributed by atoms with E-state index < -0.39 is 5.97 Å². The average molecular weight is 271 g/mol. The van der Waals surface area contributed by atoms with Crippen LogP contribution in [0.5, 0.6) is 11.6 Å². The van der Waals surface area contributed by atoms with E-state index in [1.807, 2.05) is 6.07 Å². The fourth-order valence-electron chi connectivity index (χ4n) is 1.83. The molecule has 0 radical (unpaired) electrons. The molecule has 6 nitrogen and oxygen atoms in total. The molecular formula is C14H13N3O3. The Morgan fingerprint density at radius 3 is 2.75 bits per heavy atom. The molecule has 102 valence electrons. The molecule has 0 aliphatic carbocycles. The van der Waals surface area contributed by atoms with Crippen LogP contribution in [0.2, 0.25) is 0 Å². The monoisotopic (exact) mass is 271 g/mol. The standard InChI is InChI=1S/C14H13N3O3/c1-8-4-5-10(14(18)19)6-12(8)20-13-11(7-15)9(2)16-17(13)3/h4-6H,1-3H3,(H,18,19). The van der Waals surface area contributed by atoms with Gasteiger partial charge in [-0.3, -0.25) is 0 Å². The predicted molar refractivity (Wildman–Crippen MR) is 70.9 cm³/mol. The molecule has 0 saturated carbocycles. The first-order valence-corrected chi connectivity index (χ1v) is 5.89. The first-order chi connectivity index (χ1) is 9.43. The van der Waals surface area contributed by atoms with Crippen molar-refractivity contribution >= 4 is 5.97 Å². The van der Waals surface area contributed by atoms with E-state index in [0.29, 0.717) is 22.9 Å². The second-order valence-corrected chi connectivity index (χ2v) is 4.39. The van der Waals surface area contributed by atoms with Gasteiger partial charge < -0.3 is 9.84 Å². The zero-order valence-electron chi connectivity index (χ0n) is 11.3. The molecule has 1 aromatic heterocycles. The summed E-state index contributed by atoms with van der Waals surface area (Å²) in [4.78, 5) is 11.0. The molecule has 1 aromatic carbocycles. The molecule has 0 unspecified atom stereocenters. The number of hydrogen-bond acceptors (Lipinski definition) is 4. The van der Waals surface area contributed by atoms with Gasteiger partial charge in [0.25, 0.3) is 0 Å². The Morgan fingerprint density at radius 2 is 2.15 bits per heavy atom. The van der Waals surface area contributed by atoms with Gasteiger partial charge in [0, 0.05) is 7.05 Å². The number of carbonyl (C=O) groups is 1. The molecule has 2 rings (SSSR count). The van der Waals surface area contributed by atoms with Crippen molar-refractivity contribution < 1.29 is 14.6 Å². The minimum Gasteiger partial charge on any atom is -0.478 e. The highest BCUT2D eigenvalue weighted by molar-refractivity contribution is 5.88. The van der Waals surface area contributed by atoms with Crippen LogP contribution in [0.15, 0.2) is 18.2 Å². The maximum atomic E-state index is 11.0. The van der Waals surface area contributed by atoms with E-state index in [0.717, 1.165) is 5.56 Å². The molecule has 0 aliphatic rings. The Hall–Kier alpha value is -2.81. The van der Waals surface area contributed by atoms with Crippen molar-refractivity contribution in [3.8, 4) is 17.7 Å². The number of hydrogen-bond donors (Lipinski definition) is 1. The van der Waals surface area contributed by atoms with E-state index in [2.05, 4.69) is 5.10 Å². The summed E-state index contributed by atoms with van der Waals surface area (Å²) in [6.45, 7) is 3.52. The molecule has 6 heteroatoms. The van der Waals surface area contributed by atoms with Gasteiger partial charge in [0.05, 0.1) is 11.3 Å². The summed E-state index contributed by atoms with van der Waals surface area (Å²) in [5.41, 5.74) is 1.81. The van der Waals surface area contributed by atoms with Crippen molar-refractivity contribution in [1.82, 2.24) is 9.78 Å². The number of rotatable bonds is 3. The molecule has 1 heterocycles. The fourth-order valence-corrected chi connectivity index (χ4v) is 1.83. The van der Waals surface area contributed by atoms with Gasteiger partial charge in [-0.2, -0.15) is 10.4 Å². The minimum atomic E-state index is -1.03. The number of nitrogens with zero attached hydrogens (tertiary/aromatic N) is 3. The Balaban J connectivity index is 2.48. The molecule has 0 saturated heterocycles.